The van der Waals surface area contributed by atoms with Crippen molar-refractivity contribution in [3.63, 3.8) is 0 Å². The van der Waals surface area contributed by atoms with Gasteiger partial charge >= 0.3 is 0 Å². The molecule has 0 amide bonds. The van der Waals surface area contributed by atoms with E-state index in [1.165, 1.54) is 0 Å². The average Bonchev–Trinajstić information content (AvgIpc) is 2.56. The van der Waals surface area contributed by atoms with E-state index < -0.39 is 12.1 Å². The van der Waals surface area contributed by atoms with Crippen LogP contribution in [0, 0.1) is 10.1 Å². The summed E-state index contributed by atoms with van der Waals surface area (Å²) >= 11 is 5.89. The van der Waals surface area contributed by atoms with Crippen LogP contribution in [0.1, 0.15) is 24.9 Å². The van der Waals surface area contributed by atoms with E-state index in [4.69, 9.17) is 16.3 Å². The van der Waals surface area contributed by atoms with Crippen LogP contribution in [-0.2, 0) is 0 Å². The van der Waals surface area contributed by atoms with Crippen LogP contribution in [-0.4, -0.2) is 18.1 Å². The molecule has 2 aromatic rings. The number of nitrogens with one attached hydrogen (secondary N) is 1. The second kappa shape index (κ2) is 7.83. The molecule has 0 aliphatic rings. The molecule has 122 valence electrons. The maximum atomic E-state index is 11.4. The van der Waals surface area contributed by atoms with Crippen LogP contribution in [0.2, 0.25) is 5.02 Å². The summed E-state index contributed by atoms with van der Waals surface area (Å²) in [7, 11) is 1.59. The van der Waals surface area contributed by atoms with Gasteiger partial charge in [-0.25, -0.2) is 0 Å². The fraction of sp³-hybridized carbons (Fsp3) is 0.294. The monoisotopic (exact) mass is 334 g/mol. The Morgan fingerprint density at radius 1 is 1.17 bits per heavy atom. The molecule has 2 rings (SSSR count). The van der Waals surface area contributed by atoms with Gasteiger partial charge in [0.2, 0.25) is 6.04 Å². The third-order valence-electron chi connectivity index (χ3n) is 3.72. The molecule has 23 heavy (non-hydrogen) atoms. The van der Waals surface area contributed by atoms with Gasteiger partial charge in [-0.3, -0.25) is 10.1 Å². The van der Waals surface area contributed by atoms with E-state index in [0.717, 1.165) is 11.3 Å². The maximum Gasteiger partial charge on any atom is 0.236 e. The van der Waals surface area contributed by atoms with Crippen molar-refractivity contribution in [1.82, 2.24) is 0 Å². The minimum Gasteiger partial charge on any atom is -0.497 e. The highest BCUT2D eigenvalue weighted by Gasteiger charge is 2.31. The summed E-state index contributed by atoms with van der Waals surface area (Å²) in [5, 5.41) is 15.3. The van der Waals surface area contributed by atoms with Crippen LogP contribution >= 0.6 is 11.6 Å². The number of halogens is 1. The predicted molar refractivity (Wildman–Crippen MR) is 91.9 cm³/mol. The normalized spacial score (nSPS) is 13.2. The molecule has 0 aliphatic heterocycles. The number of hydrogen-bond donors (Lipinski definition) is 1. The molecule has 0 fully saturated rings. The predicted octanol–water partition coefficient (Wildman–Crippen LogP) is 4.56. The number of rotatable bonds is 7. The van der Waals surface area contributed by atoms with Gasteiger partial charge < -0.3 is 10.1 Å². The van der Waals surface area contributed by atoms with Crippen molar-refractivity contribution in [3.05, 3.63) is 69.2 Å². The Balaban J connectivity index is 2.33. The first-order valence-electron chi connectivity index (χ1n) is 7.34. The number of methoxy groups -OCH3 is 1. The Morgan fingerprint density at radius 3 is 2.26 bits per heavy atom. The van der Waals surface area contributed by atoms with Gasteiger partial charge in [0.15, 0.2) is 0 Å². The fourth-order valence-corrected chi connectivity index (χ4v) is 2.57. The first-order valence-corrected chi connectivity index (χ1v) is 7.72. The summed E-state index contributed by atoms with van der Waals surface area (Å²) in [6.45, 7) is 1.81. The number of hydrogen-bond acceptors (Lipinski definition) is 4. The Morgan fingerprint density at radius 2 is 1.78 bits per heavy atom. The summed E-state index contributed by atoms with van der Waals surface area (Å²) in [6, 6.07) is 13.2. The van der Waals surface area contributed by atoms with Crippen molar-refractivity contribution in [3.8, 4) is 5.75 Å². The molecule has 0 aliphatic carbocycles. The molecule has 6 heteroatoms. The van der Waals surface area contributed by atoms with Crippen LogP contribution in [0.4, 0.5) is 5.69 Å². The van der Waals surface area contributed by atoms with Crippen molar-refractivity contribution >= 4 is 17.3 Å². The van der Waals surface area contributed by atoms with Gasteiger partial charge in [-0.15, -0.1) is 0 Å². The molecule has 0 aromatic heterocycles. The van der Waals surface area contributed by atoms with Crippen molar-refractivity contribution < 1.29 is 9.66 Å². The zero-order valence-electron chi connectivity index (χ0n) is 13.0. The molecule has 0 heterocycles. The maximum absolute atomic E-state index is 11.4. The van der Waals surface area contributed by atoms with Gasteiger partial charge in [0.25, 0.3) is 0 Å². The number of ether oxygens (including phenoxy) is 1. The molecule has 0 unspecified atom stereocenters. The molecule has 2 aromatic carbocycles. The van der Waals surface area contributed by atoms with Gasteiger partial charge in [-0.2, -0.15) is 0 Å². The average molecular weight is 335 g/mol. The Kier molecular flexibility index (Phi) is 5.82. The summed E-state index contributed by atoms with van der Waals surface area (Å²) in [5.41, 5.74) is 1.62. The number of anilines is 1. The molecule has 1 N–H and O–H groups in total. The molecule has 2 atom stereocenters. The summed E-state index contributed by atoms with van der Waals surface area (Å²) < 4.78 is 5.15. The fourth-order valence-electron chi connectivity index (χ4n) is 2.45. The zero-order chi connectivity index (χ0) is 16.8. The first-order chi connectivity index (χ1) is 11.0. The minimum absolute atomic E-state index is 0.238. The molecule has 5 nitrogen and oxygen atoms in total. The van der Waals surface area contributed by atoms with Gasteiger partial charge in [0, 0.05) is 22.1 Å². The lowest BCUT2D eigenvalue weighted by Crippen LogP contribution is -2.32. The zero-order valence-corrected chi connectivity index (χ0v) is 13.8. The summed E-state index contributed by atoms with van der Waals surface area (Å²) in [5.74, 6) is 0.716. The highest BCUT2D eigenvalue weighted by atomic mass is 35.5. The minimum atomic E-state index is -0.737. The van der Waals surface area contributed by atoms with Crippen LogP contribution in [0.25, 0.3) is 0 Å². The van der Waals surface area contributed by atoms with Gasteiger partial charge in [-0.1, -0.05) is 30.7 Å². The van der Waals surface area contributed by atoms with Crippen LogP contribution < -0.4 is 10.1 Å². The molecular formula is C17H19ClN2O3. The van der Waals surface area contributed by atoms with E-state index in [9.17, 15) is 10.1 Å². The highest BCUT2D eigenvalue weighted by molar-refractivity contribution is 6.30. The molecule has 0 saturated heterocycles. The quantitative estimate of drug-likeness (QED) is 0.595. The standard InChI is InChI=1S/C17H19ClN2O3/c1-3-16(20(21)22)17(12-4-10-15(23-2)11-5-12)19-14-8-6-13(18)7-9-14/h4-11,16-17,19H,3H2,1-2H3/t16-,17-/m1/s1. The molecule has 0 spiro atoms. The molecule has 0 radical (unpaired) electrons. The number of benzene rings is 2. The lowest BCUT2D eigenvalue weighted by Gasteiger charge is -2.23. The largest absolute Gasteiger partial charge is 0.497 e. The van der Waals surface area contributed by atoms with Crippen LogP contribution in [0.15, 0.2) is 48.5 Å². The van der Waals surface area contributed by atoms with Crippen LogP contribution in [0.3, 0.4) is 0 Å². The molecule has 0 saturated carbocycles. The van der Waals surface area contributed by atoms with E-state index >= 15 is 0 Å². The van der Waals surface area contributed by atoms with E-state index in [2.05, 4.69) is 5.32 Å². The lowest BCUT2D eigenvalue weighted by molar-refractivity contribution is -0.526. The second-order valence-electron chi connectivity index (χ2n) is 5.16. The van der Waals surface area contributed by atoms with Crippen molar-refractivity contribution in [2.45, 2.75) is 25.4 Å². The van der Waals surface area contributed by atoms with Crippen molar-refractivity contribution in [2.24, 2.45) is 0 Å². The topological polar surface area (TPSA) is 64.4 Å². The van der Waals surface area contributed by atoms with Crippen molar-refractivity contribution in [1.29, 1.82) is 0 Å². The van der Waals surface area contributed by atoms with Gasteiger partial charge in [-0.05, 0) is 42.0 Å². The third-order valence-corrected chi connectivity index (χ3v) is 3.97. The second-order valence-corrected chi connectivity index (χ2v) is 5.60. The number of nitro groups is 1. The highest BCUT2D eigenvalue weighted by Crippen LogP contribution is 2.28. The summed E-state index contributed by atoms with van der Waals surface area (Å²) in [6.07, 6.45) is 0.421. The van der Waals surface area contributed by atoms with Crippen molar-refractivity contribution in [2.75, 3.05) is 12.4 Å². The van der Waals surface area contributed by atoms with Crippen LogP contribution in [0.5, 0.6) is 5.75 Å². The van der Waals surface area contributed by atoms with E-state index in [-0.39, 0.29) is 4.92 Å². The smallest absolute Gasteiger partial charge is 0.236 e. The lowest BCUT2D eigenvalue weighted by atomic mass is 9.97. The number of nitrogens with zero attached hydrogens (tertiary/aromatic N) is 1. The van der Waals surface area contributed by atoms with Gasteiger partial charge in [0.1, 0.15) is 11.8 Å². The van der Waals surface area contributed by atoms with E-state index in [1.807, 2.05) is 31.2 Å². The first kappa shape index (κ1) is 17.1. The molecule has 0 bridgehead atoms. The Bertz CT molecular complexity index is 644. The van der Waals surface area contributed by atoms with E-state index in [0.29, 0.717) is 17.2 Å². The SMILES string of the molecule is CC[C@H]([C@H](Nc1ccc(Cl)cc1)c1ccc(OC)cc1)[N+](=O)[O-]. The van der Waals surface area contributed by atoms with E-state index in [1.54, 1.807) is 31.4 Å². The Hall–Kier alpha value is -2.27. The Labute approximate surface area is 140 Å². The third kappa shape index (κ3) is 4.36. The molecular weight excluding hydrogens is 316 g/mol. The van der Waals surface area contributed by atoms with Gasteiger partial charge in [0.05, 0.1) is 7.11 Å². The summed E-state index contributed by atoms with van der Waals surface area (Å²) in [4.78, 5) is 11.2.